The first-order chi connectivity index (χ1) is 6.69. The molecule has 0 spiro atoms. The molecule has 1 unspecified atom stereocenters. The number of carbonyl (C=O) groups excluding carboxylic acids is 1. The molecule has 1 atom stereocenters. The van der Waals surface area contributed by atoms with Gasteiger partial charge in [-0.3, -0.25) is 0 Å². The summed E-state index contributed by atoms with van der Waals surface area (Å²) in [6, 6.07) is 2.44. The summed E-state index contributed by atoms with van der Waals surface area (Å²) in [5.74, 6) is -1.10. The van der Waals surface area contributed by atoms with E-state index in [1.807, 2.05) is 0 Å². The Labute approximate surface area is 80.3 Å². The smallest absolute Gasteiger partial charge is 0.211 e. The summed E-state index contributed by atoms with van der Waals surface area (Å²) in [4.78, 5) is 13.4. The summed E-state index contributed by atoms with van der Waals surface area (Å²) in [6.07, 6.45) is 1.78. The number of aliphatic imine (C=N–C) groups is 1. The Hall–Kier alpha value is -1.54. The molecule has 4 heteroatoms. The number of isocyanates is 1. The van der Waals surface area contributed by atoms with E-state index in [9.17, 15) is 13.6 Å². The van der Waals surface area contributed by atoms with Crippen molar-refractivity contribution in [3.63, 3.8) is 0 Å². The molecule has 0 aliphatic heterocycles. The molecule has 74 valence electrons. The quantitative estimate of drug-likeness (QED) is 0.541. The van der Waals surface area contributed by atoms with Crippen LogP contribution in [0.25, 0.3) is 0 Å². The summed E-state index contributed by atoms with van der Waals surface area (Å²) in [5.41, 5.74) is 0.0934. The minimum atomic E-state index is -0.650. The average Bonchev–Trinajstić information content (AvgIpc) is 2.18. The molecule has 0 heterocycles. The number of halogens is 2. The normalized spacial score (nSPS) is 11.9. The first kappa shape index (κ1) is 10.5. The van der Waals surface area contributed by atoms with Gasteiger partial charge in [-0.15, -0.1) is 0 Å². The third-order valence-electron chi connectivity index (χ3n) is 1.91. The van der Waals surface area contributed by atoms with E-state index in [1.54, 1.807) is 6.92 Å². The van der Waals surface area contributed by atoms with Gasteiger partial charge >= 0.3 is 0 Å². The lowest BCUT2D eigenvalue weighted by Gasteiger charge is -2.08. The van der Waals surface area contributed by atoms with Crippen LogP contribution in [-0.2, 0) is 4.79 Å². The fourth-order valence-electron chi connectivity index (χ4n) is 1.21. The summed E-state index contributed by atoms with van der Waals surface area (Å²) in [5, 5.41) is 0. The first-order valence-electron chi connectivity index (χ1n) is 4.21. The Bertz CT molecular complexity index is 372. The Morgan fingerprint density at radius 1 is 1.50 bits per heavy atom. The third-order valence-corrected chi connectivity index (χ3v) is 1.91. The van der Waals surface area contributed by atoms with Crippen LogP contribution in [0.1, 0.15) is 24.9 Å². The molecule has 2 nitrogen and oxygen atoms in total. The van der Waals surface area contributed by atoms with Gasteiger partial charge < -0.3 is 0 Å². The lowest BCUT2D eigenvalue weighted by atomic mass is 10.0. The predicted molar refractivity (Wildman–Crippen MR) is 47.5 cm³/mol. The molecule has 0 radical (unpaired) electrons. The van der Waals surface area contributed by atoms with E-state index in [0.29, 0.717) is 6.42 Å². The van der Waals surface area contributed by atoms with Crippen molar-refractivity contribution in [1.82, 2.24) is 0 Å². The zero-order chi connectivity index (χ0) is 10.6. The second-order valence-electron chi connectivity index (χ2n) is 2.81. The molecule has 1 aromatic carbocycles. The predicted octanol–water partition coefficient (Wildman–Crippen LogP) is 2.75. The Morgan fingerprint density at radius 2 is 2.21 bits per heavy atom. The number of hydrogen-bond acceptors (Lipinski definition) is 2. The van der Waals surface area contributed by atoms with E-state index in [2.05, 4.69) is 4.99 Å². The van der Waals surface area contributed by atoms with Gasteiger partial charge in [0.15, 0.2) is 0 Å². The van der Waals surface area contributed by atoms with Gasteiger partial charge in [0.2, 0.25) is 6.08 Å². The van der Waals surface area contributed by atoms with Crippen molar-refractivity contribution in [2.24, 2.45) is 4.99 Å². The molecular weight excluding hydrogens is 188 g/mol. The maximum atomic E-state index is 13.2. The van der Waals surface area contributed by atoms with Crippen molar-refractivity contribution >= 4 is 6.08 Å². The Morgan fingerprint density at radius 3 is 2.79 bits per heavy atom. The molecule has 0 fully saturated rings. The van der Waals surface area contributed by atoms with Crippen LogP contribution >= 0.6 is 0 Å². The molecule has 1 rings (SSSR count). The second-order valence-corrected chi connectivity index (χ2v) is 2.81. The maximum Gasteiger partial charge on any atom is 0.235 e. The van der Waals surface area contributed by atoms with E-state index >= 15 is 0 Å². The van der Waals surface area contributed by atoms with Crippen LogP contribution in [0, 0.1) is 11.6 Å². The van der Waals surface area contributed by atoms with E-state index in [4.69, 9.17) is 0 Å². The van der Waals surface area contributed by atoms with Crippen molar-refractivity contribution < 1.29 is 13.6 Å². The van der Waals surface area contributed by atoms with Crippen molar-refractivity contribution in [2.45, 2.75) is 19.4 Å². The summed E-state index contributed by atoms with van der Waals surface area (Å²) in [6.45, 7) is 1.73. The molecule has 1 aromatic rings. The molecule has 0 saturated carbocycles. The molecule has 0 aromatic heterocycles. The van der Waals surface area contributed by atoms with Crippen LogP contribution in [0.4, 0.5) is 8.78 Å². The van der Waals surface area contributed by atoms with Gasteiger partial charge in [0.1, 0.15) is 11.6 Å². The Balaban J connectivity index is 3.14. The lowest BCUT2D eigenvalue weighted by molar-refractivity contribution is 0.540. The Kier molecular flexibility index (Phi) is 3.48. The number of benzene rings is 1. The van der Waals surface area contributed by atoms with E-state index in [1.165, 1.54) is 6.08 Å². The van der Waals surface area contributed by atoms with Crippen LogP contribution in [0.2, 0.25) is 0 Å². The first-order valence-corrected chi connectivity index (χ1v) is 4.21. The minimum Gasteiger partial charge on any atom is -0.211 e. The van der Waals surface area contributed by atoms with Crippen LogP contribution in [0.5, 0.6) is 0 Å². The molecule has 0 bridgehead atoms. The van der Waals surface area contributed by atoms with Crippen molar-refractivity contribution in [3.05, 3.63) is 35.4 Å². The molecule has 0 aliphatic carbocycles. The van der Waals surface area contributed by atoms with Crippen LogP contribution < -0.4 is 0 Å². The van der Waals surface area contributed by atoms with Gasteiger partial charge in [0.05, 0.1) is 6.04 Å². The third kappa shape index (κ3) is 2.24. The molecule has 14 heavy (non-hydrogen) atoms. The van der Waals surface area contributed by atoms with Crippen LogP contribution in [0.3, 0.4) is 0 Å². The highest BCUT2D eigenvalue weighted by atomic mass is 19.1. The van der Waals surface area contributed by atoms with Gasteiger partial charge in [0, 0.05) is 5.56 Å². The summed E-state index contributed by atoms with van der Waals surface area (Å²) >= 11 is 0. The molecule has 0 N–H and O–H groups in total. The zero-order valence-corrected chi connectivity index (χ0v) is 7.63. The zero-order valence-electron chi connectivity index (χ0n) is 7.63. The topological polar surface area (TPSA) is 29.4 Å². The lowest BCUT2D eigenvalue weighted by Crippen LogP contribution is -1.98. The standard InChI is InChI=1S/C10H9F2NO/c1-2-10(13-6-14)8-5-7(11)3-4-9(8)12/h3-5,10H,2H2,1H3. The highest BCUT2D eigenvalue weighted by Crippen LogP contribution is 2.23. The van der Waals surface area contributed by atoms with Crippen molar-refractivity contribution in [1.29, 1.82) is 0 Å². The molecule has 0 aliphatic rings. The summed E-state index contributed by atoms with van der Waals surface area (Å²) in [7, 11) is 0. The number of nitrogens with zero attached hydrogens (tertiary/aromatic N) is 1. The minimum absolute atomic E-state index is 0.0934. The van der Waals surface area contributed by atoms with Crippen LogP contribution in [-0.4, -0.2) is 6.08 Å². The van der Waals surface area contributed by atoms with E-state index in [0.717, 1.165) is 18.2 Å². The maximum absolute atomic E-state index is 13.2. The van der Waals surface area contributed by atoms with Gasteiger partial charge in [0.25, 0.3) is 0 Å². The highest BCUT2D eigenvalue weighted by molar-refractivity contribution is 5.35. The largest absolute Gasteiger partial charge is 0.235 e. The molecule has 0 saturated heterocycles. The van der Waals surface area contributed by atoms with Crippen molar-refractivity contribution in [3.8, 4) is 0 Å². The van der Waals surface area contributed by atoms with Gasteiger partial charge in [-0.05, 0) is 24.6 Å². The fraction of sp³-hybridized carbons (Fsp3) is 0.300. The van der Waals surface area contributed by atoms with Gasteiger partial charge in [-0.1, -0.05) is 6.92 Å². The van der Waals surface area contributed by atoms with E-state index in [-0.39, 0.29) is 5.56 Å². The fourth-order valence-corrected chi connectivity index (χ4v) is 1.21. The second kappa shape index (κ2) is 4.63. The highest BCUT2D eigenvalue weighted by Gasteiger charge is 2.13. The number of rotatable bonds is 3. The van der Waals surface area contributed by atoms with Gasteiger partial charge in [-0.2, -0.15) is 4.99 Å². The van der Waals surface area contributed by atoms with Crippen LogP contribution in [0.15, 0.2) is 23.2 Å². The molecule has 0 amide bonds. The van der Waals surface area contributed by atoms with E-state index < -0.39 is 17.7 Å². The SMILES string of the molecule is CCC(N=C=O)c1cc(F)ccc1F. The summed E-state index contributed by atoms with van der Waals surface area (Å²) < 4.78 is 26.0. The number of hydrogen-bond donors (Lipinski definition) is 0. The monoisotopic (exact) mass is 197 g/mol. The van der Waals surface area contributed by atoms with Crippen molar-refractivity contribution in [2.75, 3.05) is 0 Å². The molecular formula is C10H9F2NO. The average molecular weight is 197 g/mol. The van der Waals surface area contributed by atoms with Gasteiger partial charge in [-0.25, -0.2) is 13.6 Å².